The Hall–Kier alpha value is -1.31. The quantitative estimate of drug-likeness (QED) is 0.723. The molecule has 0 aromatic heterocycles. The van der Waals surface area contributed by atoms with Crippen LogP contribution in [-0.4, -0.2) is 11.4 Å². The molecule has 0 bridgehead atoms. The molecular weight excluding hydrogens is 174 g/mol. The van der Waals surface area contributed by atoms with E-state index in [1.54, 1.807) is 12.1 Å². The van der Waals surface area contributed by atoms with E-state index in [-0.39, 0.29) is 11.4 Å². The van der Waals surface area contributed by atoms with Crippen LogP contribution in [0.4, 0.5) is 0 Å². The predicted octanol–water partition coefficient (Wildman–Crippen LogP) is 2.32. The van der Waals surface area contributed by atoms with E-state index in [9.17, 15) is 4.79 Å². The Balaban J connectivity index is 2.86. The minimum absolute atomic E-state index is 0.0241. The Morgan fingerprint density at radius 3 is 2.57 bits per heavy atom. The molecule has 1 aromatic rings. The van der Waals surface area contributed by atoms with E-state index in [2.05, 4.69) is 11.4 Å². The first-order valence-corrected chi connectivity index (χ1v) is 4.69. The zero-order valence-corrected chi connectivity index (χ0v) is 9.14. The molecule has 0 aliphatic rings. The molecule has 0 saturated heterocycles. The van der Waals surface area contributed by atoms with Crippen molar-refractivity contribution >= 4 is 5.91 Å². The van der Waals surface area contributed by atoms with Crippen LogP contribution in [0.3, 0.4) is 0 Å². The molecule has 0 saturated carbocycles. The number of rotatable bonds is 1. The van der Waals surface area contributed by atoms with Crippen LogP contribution in [0.2, 0.25) is 0 Å². The normalized spacial score (nSPS) is 11.1. The zero-order chi connectivity index (χ0) is 10.8. The van der Waals surface area contributed by atoms with E-state index in [4.69, 9.17) is 0 Å². The Labute approximate surface area is 85.3 Å². The maximum absolute atomic E-state index is 11.8. The van der Waals surface area contributed by atoms with E-state index >= 15 is 0 Å². The first-order chi connectivity index (χ1) is 6.40. The van der Waals surface area contributed by atoms with Gasteiger partial charge in [-0.3, -0.25) is 4.79 Å². The van der Waals surface area contributed by atoms with Gasteiger partial charge >= 0.3 is 0 Å². The molecule has 0 fully saturated rings. The van der Waals surface area contributed by atoms with Gasteiger partial charge in [-0.15, -0.1) is 0 Å². The largest absolute Gasteiger partial charge is 0.347 e. The Kier molecular flexibility index (Phi) is 2.94. The highest BCUT2D eigenvalue weighted by Gasteiger charge is 2.15. The summed E-state index contributed by atoms with van der Waals surface area (Å²) in [5, 5.41) is 2.92. The van der Waals surface area contributed by atoms with Crippen molar-refractivity contribution in [3.05, 3.63) is 35.4 Å². The smallest absolute Gasteiger partial charge is 0.251 e. The summed E-state index contributed by atoms with van der Waals surface area (Å²) >= 11 is 0. The number of aryl methyl sites for hydroxylation is 1. The van der Waals surface area contributed by atoms with Crippen molar-refractivity contribution in [1.82, 2.24) is 5.32 Å². The van der Waals surface area contributed by atoms with Crippen molar-refractivity contribution in [2.24, 2.45) is 0 Å². The Bertz CT molecular complexity index is 336. The minimum Gasteiger partial charge on any atom is -0.347 e. The van der Waals surface area contributed by atoms with E-state index < -0.39 is 0 Å². The molecule has 75 valence electrons. The summed E-state index contributed by atoms with van der Waals surface area (Å²) in [7, 11) is 0. The van der Waals surface area contributed by atoms with Gasteiger partial charge in [-0.2, -0.15) is 0 Å². The molecule has 1 amide bonds. The topological polar surface area (TPSA) is 29.1 Å². The highest BCUT2D eigenvalue weighted by atomic mass is 16.1. The van der Waals surface area contributed by atoms with Crippen molar-refractivity contribution in [2.45, 2.75) is 33.2 Å². The van der Waals surface area contributed by atoms with Crippen LogP contribution in [0.15, 0.2) is 18.2 Å². The predicted molar refractivity (Wildman–Crippen MR) is 57.2 cm³/mol. The lowest BCUT2D eigenvalue weighted by Crippen LogP contribution is -2.40. The fourth-order valence-corrected chi connectivity index (χ4v) is 1.18. The van der Waals surface area contributed by atoms with Gasteiger partial charge in [0.15, 0.2) is 0 Å². The molecule has 0 spiro atoms. The van der Waals surface area contributed by atoms with Crippen LogP contribution in [0.5, 0.6) is 0 Å². The maximum Gasteiger partial charge on any atom is 0.251 e. The first kappa shape index (κ1) is 10.8. The highest BCUT2D eigenvalue weighted by Crippen LogP contribution is 2.08. The van der Waals surface area contributed by atoms with Gasteiger partial charge in [0.2, 0.25) is 0 Å². The molecule has 0 heterocycles. The standard InChI is InChI=1S/C12H16NO/c1-9-7-5-6-8-10(9)11(14)13-12(2,3)4/h6-8H,1-4H3,(H,13,14). The van der Waals surface area contributed by atoms with Crippen LogP contribution in [-0.2, 0) is 0 Å². The summed E-state index contributed by atoms with van der Waals surface area (Å²) in [5.74, 6) is -0.0241. The van der Waals surface area contributed by atoms with Gasteiger partial charge < -0.3 is 5.32 Å². The second-order valence-electron chi connectivity index (χ2n) is 4.45. The number of hydrogen-bond donors (Lipinski definition) is 1. The SMILES string of the molecule is Cc1c[c]ccc1C(=O)NC(C)(C)C. The molecule has 1 rings (SSSR count). The zero-order valence-electron chi connectivity index (χ0n) is 9.14. The van der Waals surface area contributed by atoms with E-state index in [0.29, 0.717) is 0 Å². The minimum atomic E-state index is -0.191. The van der Waals surface area contributed by atoms with Crippen molar-refractivity contribution in [3.8, 4) is 0 Å². The van der Waals surface area contributed by atoms with Crippen molar-refractivity contribution in [3.63, 3.8) is 0 Å². The van der Waals surface area contributed by atoms with E-state index in [1.165, 1.54) is 0 Å². The average molecular weight is 190 g/mol. The molecule has 0 unspecified atom stereocenters. The summed E-state index contributed by atoms with van der Waals surface area (Å²) < 4.78 is 0. The highest BCUT2D eigenvalue weighted by molar-refractivity contribution is 5.95. The van der Waals surface area contributed by atoms with Gasteiger partial charge in [-0.25, -0.2) is 0 Å². The van der Waals surface area contributed by atoms with Crippen molar-refractivity contribution < 1.29 is 4.79 Å². The molecule has 0 aliphatic heterocycles. The monoisotopic (exact) mass is 190 g/mol. The van der Waals surface area contributed by atoms with Gasteiger partial charge in [0.1, 0.15) is 0 Å². The fourth-order valence-electron chi connectivity index (χ4n) is 1.18. The second-order valence-corrected chi connectivity index (χ2v) is 4.45. The molecule has 1 radical (unpaired) electrons. The summed E-state index contributed by atoms with van der Waals surface area (Å²) in [6, 6.07) is 8.30. The third-order valence-electron chi connectivity index (χ3n) is 1.80. The molecule has 1 N–H and O–H groups in total. The molecule has 0 aliphatic carbocycles. The third-order valence-corrected chi connectivity index (χ3v) is 1.80. The van der Waals surface area contributed by atoms with E-state index in [1.807, 2.05) is 33.8 Å². The third kappa shape index (κ3) is 2.87. The molecule has 14 heavy (non-hydrogen) atoms. The number of carbonyl (C=O) groups excluding carboxylic acids is 1. The number of carbonyl (C=O) groups is 1. The lowest BCUT2D eigenvalue weighted by molar-refractivity contribution is 0.0919. The number of amides is 1. The summed E-state index contributed by atoms with van der Waals surface area (Å²) in [4.78, 5) is 11.8. The van der Waals surface area contributed by atoms with E-state index in [0.717, 1.165) is 11.1 Å². The summed E-state index contributed by atoms with van der Waals surface area (Å²) in [6.45, 7) is 7.81. The Morgan fingerprint density at radius 2 is 2.07 bits per heavy atom. The lowest BCUT2D eigenvalue weighted by atomic mass is 10.1. The summed E-state index contributed by atoms with van der Waals surface area (Å²) in [5.41, 5.74) is 1.48. The van der Waals surface area contributed by atoms with Crippen molar-refractivity contribution in [1.29, 1.82) is 0 Å². The van der Waals surface area contributed by atoms with Crippen LogP contribution >= 0.6 is 0 Å². The van der Waals surface area contributed by atoms with Crippen LogP contribution < -0.4 is 5.32 Å². The molecule has 2 nitrogen and oxygen atoms in total. The van der Waals surface area contributed by atoms with Gasteiger partial charge in [0.25, 0.3) is 5.91 Å². The van der Waals surface area contributed by atoms with Gasteiger partial charge in [0, 0.05) is 11.1 Å². The fraction of sp³-hybridized carbons (Fsp3) is 0.417. The Morgan fingerprint density at radius 1 is 1.43 bits per heavy atom. The molecule has 1 aromatic carbocycles. The first-order valence-electron chi connectivity index (χ1n) is 4.69. The van der Waals surface area contributed by atoms with Crippen molar-refractivity contribution in [2.75, 3.05) is 0 Å². The number of nitrogens with one attached hydrogen (secondary N) is 1. The molecule has 2 heteroatoms. The van der Waals surface area contributed by atoms with Gasteiger partial charge in [0.05, 0.1) is 0 Å². The lowest BCUT2D eigenvalue weighted by Gasteiger charge is -2.21. The number of benzene rings is 1. The molecule has 0 atom stereocenters. The van der Waals surface area contributed by atoms with Crippen LogP contribution in [0, 0.1) is 13.0 Å². The van der Waals surface area contributed by atoms with Gasteiger partial charge in [-0.05, 0) is 45.4 Å². The number of hydrogen-bond acceptors (Lipinski definition) is 1. The van der Waals surface area contributed by atoms with Crippen LogP contribution in [0.25, 0.3) is 0 Å². The van der Waals surface area contributed by atoms with Gasteiger partial charge in [-0.1, -0.05) is 12.1 Å². The average Bonchev–Trinajstić information content (AvgIpc) is 2.01. The van der Waals surface area contributed by atoms with Crippen LogP contribution in [0.1, 0.15) is 36.7 Å². The summed E-state index contributed by atoms with van der Waals surface area (Å²) in [6.07, 6.45) is 0. The second kappa shape index (κ2) is 3.82. The molecular formula is C12H16NO. The maximum atomic E-state index is 11.8.